The molecule has 2 saturated carbocycles. The summed E-state index contributed by atoms with van der Waals surface area (Å²) in [5, 5.41) is 9.55. The molecule has 3 fully saturated rings. The van der Waals surface area contributed by atoms with Gasteiger partial charge in [-0.3, -0.25) is 4.79 Å². The van der Waals surface area contributed by atoms with E-state index in [1.807, 2.05) is 18.2 Å². The van der Waals surface area contributed by atoms with Crippen LogP contribution in [0.5, 0.6) is 0 Å². The largest absolute Gasteiger partial charge is 0.356 e. The highest BCUT2D eigenvalue weighted by Gasteiger charge is 2.27. The molecule has 2 heterocycles. The normalized spacial score (nSPS) is 25.6. The second-order valence-corrected chi connectivity index (χ2v) is 11.5. The number of aromatic nitrogens is 1. The Hall–Kier alpha value is -1.59. The van der Waals surface area contributed by atoms with Crippen LogP contribution < -0.4 is 5.32 Å². The number of rotatable bonds is 7. The van der Waals surface area contributed by atoms with E-state index in [0.717, 1.165) is 67.8 Å². The van der Waals surface area contributed by atoms with Gasteiger partial charge in [0.15, 0.2) is 5.58 Å². The molecule has 1 N–H and O–H groups in total. The van der Waals surface area contributed by atoms with Crippen LogP contribution in [-0.2, 0) is 4.79 Å². The van der Waals surface area contributed by atoms with Crippen LogP contribution in [0.1, 0.15) is 95.1 Å². The van der Waals surface area contributed by atoms with Crippen molar-refractivity contribution in [1.82, 2.24) is 15.4 Å². The number of nitrogens with one attached hydrogen (secondary N) is 1. The molecule has 0 atom stereocenters. The van der Waals surface area contributed by atoms with Crippen LogP contribution in [0.2, 0.25) is 5.02 Å². The van der Waals surface area contributed by atoms with E-state index in [9.17, 15) is 4.79 Å². The Morgan fingerprint density at radius 2 is 1.76 bits per heavy atom. The zero-order valence-electron chi connectivity index (χ0n) is 20.4. The number of hydrogen-bond donors (Lipinski definition) is 1. The summed E-state index contributed by atoms with van der Waals surface area (Å²) >= 11 is 6.08. The number of halogens is 1. The highest BCUT2D eigenvalue weighted by molar-refractivity contribution is 6.31. The molecule has 2 aliphatic carbocycles. The predicted octanol–water partition coefficient (Wildman–Crippen LogP) is 6.70. The van der Waals surface area contributed by atoms with Crippen molar-refractivity contribution < 1.29 is 9.32 Å². The van der Waals surface area contributed by atoms with Crippen LogP contribution in [0.3, 0.4) is 0 Å². The van der Waals surface area contributed by atoms with Gasteiger partial charge in [-0.1, -0.05) is 36.0 Å². The molecule has 0 spiro atoms. The van der Waals surface area contributed by atoms with Gasteiger partial charge < -0.3 is 14.7 Å². The molecule has 2 aromatic rings. The van der Waals surface area contributed by atoms with Crippen LogP contribution in [0.15, 0.2) is 22.7 Å². The first-order valence-electron chi connectivity index (χ1n) is 13.7. The fraction of sp³-hybridized carbons (Fsp3) is 0.714. The molecule has 34 heavy (non-hydrogen) atoms. The molecule has 0 bridgehead atoms. The summed E-state index contributed by atoms with van der Waals surface area (Å²) in [5.41, 5.74) is 1.90. The van der Waals surface area contributed by atoms with Crippen molar-refractivity contribution >= 4 is 28.5 Å². The number of benzene rings is 1. The van der Waals surface area contributed by atoms with Gasteiger partial charge in [0.05, 0.1) is 5.69 Å². The van der Waals surface area contributed by atoms with Crippen molar-refractivity contribution in [2.45, 2.75) is 95.4 Å². The van der Waals surface area contributed by atoms with Crippen molar-refractivity contribution in [2.24, 2.45) is 11.8 Å². The molecule has 1 aromatic heterocycles. The third kappa shape index (κ3) is 6.15. The van der Waals surface area contributed by atoms with Gasteiger partial charge >= 0.3 is 0 Å². The smallest absolute Gasteiger partial charge is 0.220 e. The minimum atomic E-state index is 0.307. The van der Waals surface area contributed by atoms with E-state index in [-0.39, 0.29) is 0 Å². The average molecular weight is 486 g/mol. The third-order valence-electron chi connectivity index (χ3n) is 8.70. The summed E-state index contributed by atoms with van der Waals surface area (Å²) in [6.45, 7) is 3.48. The molecule has 0 radical (unpaired) electrons. The van der Waals surface area contributed by atoms with Gasteiger partial charge in [0.25, 0.3) is 0 Å². The Morgan fingerprint density at radius 3 is 2.53 bits per heavy atom. The average Bonchev–Trinajstić information content (AvgIpc) is 3.27. The summed E-state index contributed by atoms with van der Waals surface area (Å²) in [4.78, 5) is 15.1. The van der Waals surface area contributed by atoms with Crippen molar-refractivity contribution in [3.05, 3.63) is 28.9 Å². The lowest BCUT2D eigenvalue weighted by Gasteiger charge is -2.34. The van der Waals surface area contributed by atoms with Gasteiger partial charge in [-0.2, -0.15) is 0 Å². The van der Waals surface area contributed by atoms with Crippen molar-refractivity contribution in [3.63, 3.8) is 0 Å². The van der Waals surface area contributed by atoms with Gasteiger partial charge in [0.2, 0.25) is 5.91 Å². The van der Waals surface area contributed by atoms with E-state index >= 15 is 0 Å². The molecule has 3 aliphatic rings. The molecule has 1 aromatic carbocycles. The standard InChI is InChI=1S/C28H40ClN3O2/c29-23-8-11-25-26(19-23)34-31-28(25)22-13-16-32(17-14-22)15-12-20-6-9-24(10-7-20)30-27(33)18-21-4-2-1-3-5-21/h8,11,19-22,24H,1-7,9-10,12-18H2,(H,30,33)/t20-,24-. The zero-order valence-corrected chi connectivity index (χ0v) is 21.2. The highest BCUT2D eigenvalue weighted by Crippen LogP contribution is 2.34. The number of hydrogen-bond acceptors (Lipinski definition) is 4. The van der Waals surface area contributed by atoms with Gasteiger partial charge in [-0.05, 0) is 101 Å². The second kappa shape index (κ2) is 11.4. The minimum absolute atomic E-state index is 0.307. The van der Waals surface area contributed by atoms with E-state index in [1.165, 1.54) is 57.9 Å². The molecular weight excluding hydrogens is 446 g/mol. The summed E-state index contributed by atoms with van der Waals surface area (Å²) in [5.74, 6) is 2.23. The SMILES string of the molecule is O=C(CC1CCCCC1)N[C@H]1CC[C@H](CCN2CCC(c3noc4cc(Cl)ccc34)CC2)CC1. The summed E-state index contributed by atoms with van der Waals surface area (Å²) in [6, 6.07) is 6.25. The van der Waals surface area contributed by atoms with Crippen LogP contribution in [0, 0.1) is 11.8 Å². The maximum absolute atomic E-state index is 12.5. The lowest BCUT2D eigenvalue weighted by Crippen LogP contribution is -2.39. The van der Waals surface area contributed by atoms with Gasteiger partial charge in [0, 0.05) is 34.9 Å². The van der Waals surface area contributed by atoms with E-state index < -0.39 is 0 Å². The molecule has 5 nitrogen and oxygen atoms in total. The molecule has 0 unspecified atom stereocenters. The number of carbonyl (C=O) groups excluding carboxylic acids is 1. The maximum Gasteiger partial charge on any atom is 0.220 e. The highest BCUT2D eigenvalue weighted by atomic mass is 35.5. The van der Waals surface area contributed by atoms with E-state index in [1.54, 1.807) is 0 Å². The Morgan fingerprint density at radius 1 is 1.00 bits per heavy atom. The monoisotopic (exact) mass is 485 g/mol. The molecule has 1 aliphatic heterocycles. The number of nitrogens with zero attached hydrogens (tertiary/aromatic N) is 2. The molecular formula is C28H40ClN3O2. The quantitative estimate of drug-likeness (QED) is 0.474. The third-order valence-corrected chi connectivity index (χ3v) is 8.94. The number of piperidine rings is 1. The number of amides is 1. The second-order valence-electron chi connectivity index (χ2n) is 11.1. The Labute approximate surface area is 208 Å². The first kappa shape index (κ1) is 24.1. The number of carbonyl (C=O) groups is 1. The van der Waals surface area contributed by atoms with Gasteiger partial charge in [-0.15, -0.1) is 0 Å². The predicted molar refractivity (Wildman–Crippen MR) is 137 cm³/mol. The number of likely N-dealkylation sites (tertiary alicyclic amines) is 1. The maximum atomic E-state index is 12.5. The topological polar surface area (TPSA) is 58.4 Å². The summed E-state index contributed by atoms with van der Waals surface area (Å²) in [7, 11) is 0. The lowest BCUT2D eigenvalue weighted by molar-refractivity contribution is -0.123. The van der Waals surface area contributed by atoms with Crippen LogP contribution in [0.4, 0.5) is 0 Å². The lowest BCUT2D eigenvalue weighted by atomic mass is 9.83. The molecule has 5 rings (SSSR count). The Balaban J connectivity index is 0.992. The first-order valence-corrected chi connectivity index (χ1v) is 14.1. The Bertz CT molecular complexity index is 938. The van der Waals surface area contributed by atoms with Gasteiger partial charge in [0.1, 0.15) is 0 Å². The molecule has 6 heteroatoms. The van der Waals surface area contributed by atoms with Crippen LogP contribution in [0.25, 0.3) is 11.0 Å². The number of fused-ring (bicyclic) bond motifs is 1. The Kier molecular flexibility index (Phi) is 8.11. The fourth-order valence-corrected chi connectivity index (χ4v) is 6.72. The van der Waals surface area contributed by atoms with Crippen molar-refractivity contribution in [2.75, 3.05) is 19.6 Å². The van der Waals surface area contributed by atoms with E-state index in [4.69, 9.17) is 16.1 Å². The molecule has 1 saturated heterocycles. The fourth-order valence-electron chi connectivity index (χ4n) is 6.56. The van der Waals surface area contributed by atoms with Crippen molar-refractivity contribution in [3.8, 4) is 0 Å². The van der Waals surface area contributed by atoms with Gasteiger partial charge in [-0.25, -0.2) is 0 Å². The molecule has 186 valence electrons. The summed E-state index contributed by atoms with van der Waals surface area (Å²) in [6.07, 6.45) is 15.7. The molecule has 1 amide bonds. The van der Waals surface area contributed by atoms with Crippen LogP contribution in [-0.4, -0.2) is 41.6 Å². The van der Waals surface area contributed by atoms with E-state index in [2.05, 4.69) is 15.4 Å². The minimum Gasteiger partial charge on any atom is -0.356 e. The first-order chi connectivity index (χ1) is 16.6. The summed E-state index contributed by atoms with van der Waals surface area (Å²) < 4.78 is 5.53. The van der Waals surface area contributed by atoms with Crippen molar-refractivity contribution in [1.29, 1.82) is 0 Å². The zero-order chi connectivity index (χ0) is 23.3. The van der Waals surface area contributed by atoms with Crippen LogP contribution >= 0.6 is 11.6 Å². The van der Waals surface area contributed by atoms with E-state index in [0.29, 0.717) is 28.8 Å².